The van der Waals surface area contributed by atoms with E-state index in [9.17, 15) is 26.4 Å². The average molecular weight is 435 g/mol. The van der Waals surface area contributed by atoms with Gasteiger partial charge >= 0.3 is 6.18 Å². The molecule has 0 heterocycles. The molecule has 0 bridgehead atoms. The van der Waals surface area contributed by atoms with Gasteiger partial charge in [0.15, 0.2) is 0 Å². The molecule has 0 aliphatic rings. The third-order valence-corrected chi connectivity index (χ3v) is 5.54. The predicted molar refractivity (Wildman–Crippen MR) is 99.3 cm³/mol. The molecule has 10 heteroatoms. The summed E-state index contributed by atoms with van der Waals surface area (Å²) in [4.78, 5) is 12.0. The summed E-state index contributed by atoms with van der Waals surface area (Å²) in [6.07, 6.45) is -4.65. The molecule has 1 atom stereocenters. The molecule has 5 nitrogen and oxygen atoms in total. The second-order valence-corrected chi connectivity index (χ2v) is 8.22. The number of hydrogen-bond acceptors (Lipinski definition) is 3. The van der Waals surface area contributed by atoms with Gasteiger partial charge in [-0.15, -0.1) is 0 Å². The van der Waals surface area contributed by atoms with Crippen LogP contribution in [0, 0.1) is 0 Å². The van der Waals surface area contributed by atoms with Crippen molar-refractivity contribution in [1.29, 1.82) is 0 Å². The number of amides is 1. The number of carbonyl (C=O) groups is 1. The van der Waals surface area contributed by atoms with Crippen LogP contribution in [0.15, 0.2) is 53.4 Å². The molecular formula is C18H18ClF3N2O3S. The van der Waals surface area contributed by atoms with Gasteiger partial charge in [0.1, 0.15) is 0 Å². The molecule has 1 amide bonds. The molecule has 0 fully saturated rings. The zero-order valence-electron chi connectivity index (χ0n) is 14.8. The number of rotatable bonds is 7. The lowest BCUT2D eigenvalue weighted by molar-refractivity contribution is -0.137. The minimum Gasteiger partial charge on any atom is -0.350 e. The third-order valence-electron chi connectivity index (χ3n) is 3.84. The van der Waals surface area contributed by atoms with Crippen LogP contribution in [0.2, 0.25) is 5.02 Å². The third kappa shape index (κ3) is 6.22. The Morgan fingerprint density at radius 1 is 1.14 bits per heavy atom. The van der Waals surface area contributed by atoms with E-state index < -0.39 is 33.7 Å². The molecule has 28 heavy (non-hydrogen) atoms. The quantitative estimate of drug-likeness (QED) is 0.694. The number of carbonyl (C=O) groups excluding carboxylic acids is 1. The molecule has 152 valence electrons. The highest BCUT2D eigenvalue weighted by Gasteiger charge is 2.30. The number of alkyl halides is 3. The predicted octanol–water partition coefficient (Wildman–Crippen LogP) is 3.90. The molecule has 0 aliphatic heterocycles. The highest BCUT2D eigenvalue weighted by Crippen LogP contribution is 2.30. The molecule has 0 radical (unpaired) electrons. The van der Waals surface area contributed by atoms with E-state index in [4.69, 9.17) is 11.6 Å². The number of nitrogens with one attached hydrogen (secondary N) is 2. The van der Waals surface area contributed by atoms with Crippen LogP contribution in [0.5, 0.6) is 0 Å². The van der Waals surface area contributed by atoms with Gasteiger partial charge in [0.05, 0.1) is 16.5 Å². The Kier molecular flexibility index (Phi) is 7.08. The van der Waals surface area contributed by atoms with Crippen LogP contribution in [-0.4, -0.2) is 20.9 Å². The van der Waals surface area contributed by atoms with Gasteiger partial charge in [-0.25, -0.2) is 13.1 Å². The maximum atomic E-state index is 12.8. The van der Waals surface area contributed by atoms with Gasteiger partial charge in [0.25, 0.3) is 0 Å². The second-order valence-electron chi connectivity index (χ2n) is 6.02. The summed E-state index contributed by atoms with van der Waals surface area (Å²) in [6.45, 7) is 1.37. The standard InChI is InChI=1S/C18H18ClF3N2O3S/c1-12(13-4-2-5-14(10-13)18(20,21)22)24-17(25)8-9-23-28(26,27)16-7-3-6-15(19)11-16/h2-7,10-12,23H,8-9H2,1H3,(H,24,25). The van der Waals surface area contributed by atoms with E-state index in [1.54, 1.807) is 6.92 Å². The topological polar surface area (TPSA) is 75.3 Å². The van der Waals surface area contributed by atoms with Crippen LogP contribution in [0.4, 0.5) is 13.2 Å². The van der Waals surface area contributed by atoms with Crippen LogP contribution >= 0.6 is 11.6 Å². The molecule has 2 rings (SSSR count). The fourth-order valence-corrected chi connectivity index (χ4v) is 3.73. The minimum atomic E-state index is -4.47. The Balaban J connectivity index is 1.90. The average Bonchev–Trinajstić information content (AvgIpc) is 2.61. The van der Waals surface area contributed by atoms with Crippen LogP contribution in [0.1, 0.15) is 30.5 Å². The lowest BCUT2D eigenvalue weighted by atomic mass is 10.0. The van der Waals surface area contributed by atoms with Crippen molar-refractivity contribution in [2.45, 2.75) is 30.5 Å². The monoisotopic (exact) mass is 434 g/mol. The maximum Gasteiger partial charge on any atom is 0.416 e. The SMILES string of the molecule is CC(NC(=O)CCNS(=O)(=O)c1cccc(Cl)c1)c1cccc(C(F)(F)F)c1. The summed E-state index contributed by atoms with van der Waals surface area (Å²) in [5.74, 6) is -0.501. The van der Waals surface area contributed by atoms with E-state index in [0.717, 1.165) is 12.1 Å². The first-order valence-corrected chi connectivity index (χ1v) is 10.1. The summed E-state index contributed by atoms with van der Waals surface area (Å²) in [6, 6.07) is 9.64. The van der Waals surface area contributed by atoms with E-state index in [1.165, 1.54) is 36.4 Å². The molecule has 0 aliphatic carbocycles. The van der Waals surface area contributed by atoms with Crippen LogP contribution in [0.25, 0.3) is 0 Å². The first-order chi connectivity index (χ1) is 13.0. The number of halogens is 4. The molecule has 0 aromatic heterocycles. The van der Waals surface area contributed by atoms with Crippen molar-refractivity contribution in [3.63, 3.8) is 0 Å². The van der Waals surface area contributed by atoms with Crippen molar-refractivity contribution in [3.8, 4) is 0 Å². The first kappa shape index (κ1) is 22.2. The fraction of sp³-hybridized carbons (Fsp3) is 0.278. The summed E-state index contributed by atoms with van der Waals surface area (Å²) < 4.78 is 64.9. The van der Waals surface area contributed by atoms with E-state index in [1.807, 2.05) is 0 Å². The van der Waals surface area contributed by atoms with Gasteiger partial charge in [-0.2, -0.15) is 13.2 Å². The molecular weight excluding hydrogens is 417 g/mol. The molecule has 0 spiro atoms. The molecule has 0 saturated carbocycles. The smallest absolute Gasteiger partial charge is 0.350 e. The highest BCUT2D eigenvalue weighted by atomic mass is 35.5. The van der Waals surface area contributed by atoms with Crippen LogP contribution in [-0.2, 0) is 21.0 Å². The first-order valence-electron chi connectivity index (χ1n) is 8.21. The zero-order chi connectivity index (χ0) is 20.9. The van der Waals surface area contributed by atoms with E-state index in [0.29, 0.717) is 5.56 Å². The van der Waals surface area contributed by atoms with Crippen LogP contribution < -0.4 is 10.0 Å². The molecule has 2 aromatic carbocycles. The van der Waals surface area contributed by atoms with Gasteiger partial charge in [-0.3, -0.25) is 4.79 Å². The van der Waals surface area contributed by atoms with Gasteiger partial charge in [0, 0.05) is 18.0 Å². The molecule has 2 aromatic rings. The second kappa shape index (κ2) is 8.93. The number of sulfonamides is 1. The van der Waals surface area contributed by atoms with Crippen molar-refractivity contribution in [1.82, 2.24) is 10.0 Å². The Hall–Kier alpha value is -2.10. The van der Waals surface area contributed by atoms with Crippen molar-refractivity contribution < 1.29 is 26.4 Å². The normalized spacial score (nSPS) is 13.2. The van der Waals surface area contributed by atoms with Crippen molar-refractivity contribution in [2.24, 2.45) is 0 Å². The maximum absolute atomic E-state index is 12.8. The highest BCUT2D eigenvalue weighted by molar-refractivity contribution is 7.89. The largest absolute Gasteiger partial charge is 0.416 e. The van der Waals surface area contributed by atoms with Gasteiger partial charge in [-0.05, 0) is 42.8 Å². The molecule has 1 unspecified atom stereocenters. The fourth-order valence-electron chi connectivity index (χ4n) is 2.40. The summed E-state index contributed by atoms with van der Waals surface area (Å²) in [5.41, 5.74) is -0.511. The van der Waals surface area contributed by atoms with E-state index in [-0.39, 0.29) is 22.9 Å². The van der Waals surface area contributed by atoms with Gasteiger partial charge in [0.2, 0.25) is 15.9 Å². The molecule has 2 N–H and O–H groups in total. The minimum absolute atomic E-state index is 0.0299. The number of benzene rings is 2. The van der Waals surface area contributed by atoms with Crippen molar-refractivity contribution in [2.75, 3.05) is 6.54 Å². The Morgan fingerprint density at radius 2 is 1.82 bits per heavy atom. The van der Waals surface area contributed by atoms with Crippen molar-refractivity contribution >= 4 is 27.5 Å². The lowest BCUT2D eigenvalue weighted by Crippen LogP contribution is -2.32. The van der Waals surface area contributed by atoms with Crippen LogP contribution in [0.3, 0.4) is 0 Å². The van der Waals surface area contributed by atoms with Gasteiger partial charge < -0.3 is 5.32 Å². The Labute approximate surface area is 166 Å². The Morgan fingerprint density at radius 3 is 2.46 bits per heavy atom. The van der Waals surface area contributed by atoms with E-state index in [2.05, 4.69) is 10.0 Å². The lowest BCUT2D eigenvalue weighted by Gasteiger charge is -2.16. The van der Waals surface area contributed by atoms with E-state index >= 15 is 0 Å². The number of hydrogen-bond donors (Lipinski definition) is 2. The van der Waals surface area contributed by atoms with Crippen molar-refractivity contribution in [3.05, 3.63) is 64.7 Å². The summed E-state index contributed by atoms with van der Waals surface area (Å²) in [7, 11) is -3.82. The van der Waals surface area contributed by atoms with Gasteiger partial charge in [-0.1, -0.05) is 29.8 Å². The molecule has 0 saturated heterocycles. The Bertz CT molecular complexity index is 949. The summed E-state index contributed by atoms with van der Waals surface area (Å²) in [5, 5.41) is 2.81. The summed E-state index contributed by atoms with van der Waals surface area (Å²) >= 11 is 5.76. The zero-order valence-corrected chi connectivity index (χ0v) is 16.3.